The van der Waals surface area contributed by atoms with Crippen LogP contribution in [0.25, 0.3) is 0 Å². The quantitative estimate of drug-likeness (QED) is 0.243. The molecule has 0 aromatic rings. The smallest absolute Gasteiger partial charge is 0.333 e. The van der Waals surface area contributed by atoms with Crippen LogP contribution in [0.3, 0.4) is 0 Å². The number of nitrogens with zero attached hydrogens (tertiary/aromatic N) is 1. The van der Waals surface area contributed by atoms with Gasteiger partial charge in [-0.3, -0.25) is 0 Å². The van der Waals surface area contributed by atoms with E-state index < -0.39 is 11.9 Å². The topological polar surface area (TPSA) is 101 Å². The number of carbonyl (C=O) groups excluding carboxylic acids is 1. The summed E-state index contributed by atoms with van der Waals surface area (Å²) >= 11 is 0. The lowest BCUT2D eigenvalue weighted by atomic mass is 10.1. The van der Waals surface area contributed by atoms with Crippen LogP contribution in [-0.2, 0) is 19.1 Å². The second-order valence-corrected chi connectivity index (χ2v) is 7.03. The van der Waals surface area contributed by atoms with Gasteiger partial charge in [0.2, 0.25) is 0 Å². The predicted molar refractivity (Wildman–Crippen MR) is 113 cm³/mol. The van der Waals surface area contributed by atoms with Gasteiger partial charge < -0.3 is 19.4 Å². The predicted octanol–water partition coefficient (Wildman–Crippen LogP) is 3.45. The zero-order valence-electron chi connectivity index (χ0n) is 17.8. The Morgan fingerprint density at radius 2 is 1.46 bits per heavy atom. The van der Waals surface area contributed by atoms with Gasteiger partial charge in [0.25, 0.3) is 0 Å². The van der Waals surface area contributed by atoms with Crippen molar-refractivity contribution in [3.8, 4) is 0 Å². The Balaban J connectivity index is -0.000000441. The van der Waals surface area contributed by atoms with E-state index in [0.29, 0.717) is 25.0 Å². The molecule has 0 spiro atoms. The number of ether oxygens (including phenoxy) is 1. The molecule has 0 aliphatic rings. The average Bonchev–Trinajstić information content (AvgIpc) is 2.53. The number of halogens is 1. The number of hydrogen-bond donors (Lipinski definition) is 2. The van der Waals surface area contributed by atoms with Gasteiger partial charge in [-0.05, 0) is 19.8 Å². The van der Waals surface area contributed by atoms with Crippen molar-refractivity contribution >= 4 is 30.3 Å². The first-order valence-electron chi connectivity index (χ1n) is 8.85. The Bertz CT molecular complexity index is 588. The molecule has 28 heavy (non-hydrogen) atoms. The summed E-state index contributed by atoms with van der Waals surface area (Å²) in [6.07, 6.45) is 4.29. The van der Waals surface area contributed by atoms with Gasteiger partial charge in [0.1, 0.15) is 13.2 Å². The van der Waals surface area contributed by atoms with E-state index in [4.69, 9.17) is 14.9 Å². The van der Waals surface area contributed by atoms with E-state index in [1.807, 2.05) is 6.92 Å². The van der Waals surface area contributed by atoms with E-state index in [0.717, 1.165) is 17.4 Å². The number of carbonyl (C=O) groups is 3. The van der Waals surface area contributed by atoms with Crippen LogP contribution in [0.4, 0.5) is 0 Å². The van der Waals surface area contributed by atoms with Crippen molar-refractivity contribution in [2.24, 2.45) is 0 Å². The molecule has 0 rings (SSSR count). The third-order valence-corrected chi connectivity index (χ3v) is 3.28. The normalized spacial score (nSPS) is 11.5. The molecular formula is C20H35ClNO6+. The molecule has 0 heterocycles. The van der Waals surface area contributed by atoms with E-state index in [1.54, 1.807) is 13.8 Å². The zero-order chi connectivity index (χ0) is 21.6. The van der Waals surface area contributed by atoms with Crippen molar-refractivity contribution in [3.05, 3.63) is 35.5 Å². The van der Waals surface area contributed by atoms with Gasteiger partial charge in [0.15, 0.2) is 0 Å². The van der Waals surface area contributed by atoms with E-state index in [1.165, 1.54) is 12.2 Å². The summed E-state index contributed by atoms with van der Waals surface area (Å²) in [6, 6.07) is 0. The summed E-state index contributed by atoms with van der Waals surface area (Å²) in [5.41, 5.74) is 0.908. The Hall–Kier alpha value is -2.12. The third kappa shape index (κ3) is 17.3. The number of aliphatic carboxylic acids is 2. The van der Waals surface area contributed by atoms with Crippen LogP contribution in [0.15, 0.2) is 35.5 Å². The maximum Gasteiger partial charge on any atom is 0.333 e. The first-order valence-corrected chi connectivity index (χ1v) is 8.85. The lowest BCUT2D eigenvalue weighted by Gasteiger charge is -2.23. The standard InChI is InChI=1S/C11H16O4.C9H18NO2.ClH/c1-3-5-9(11(14)15)7-6-8(4-2)10(12)13;1-8(2)9(11)12-7-6-10(3,4)5;/h6-7H,3-5H2,1-2H3,(H,12,13)(H,14,15);1,6-7H2,2-5H3;1H/q;+1;. The SMILES string of the molecule is C=C(C)C(=O)OCC[N+](C)(C)C.CCCC(=CC=C(CC)C(=O)O)C(=O)O.Cl. The number of quaternary nitrogens is 1. The molecule has 162 valence electrons. The van der Waals surface area contributed by atoms with Crippen LogP contribution >= 0.6 is 12.4 Å². The zero-order valence-corrected chi connectivity index (χ0v) is 18.6. The van der Waals surface area contributed by atoms with E-state index in [9.17, 15) is 14.4 Å². The lowest BCUT2D eigenvalue weighted by Crippen LogP contribution is -2.38. The second kappa shape index (κ2) is 15.9. The first kappa shape index (κ1) is 30.6. The number of carboxylic acid groups (broad SMARTS) is 2. The molecule has 2 N–H and O–H groups in total. The summed E-state index contributed by atoms with van der Waals surface area (Å²) in [5.74, 6) is -2.30. The number of likely N-dealkylation sites (N-methyl/N-ethyl adjacent to an activating group) is 1. The monoisotopic (exact) mass is 420 g/mol. The molecule has 0 bridgehead atoms. The maximum atomic E-state index is 10.9. The van der Waals surface area contributed by atoms with Crippen molar-refractivity contribution in [1.82, 2.24) is 0 Å². The Morgan fingerprint density at radius 3 is 1.79 bits per heavy atom. The molecule has 0 aliphatic heterocycles. The number of esters is 1. The highest BCUT2D eigenvalue weighted by atomic mass is 35.5. The Kier molecular flexibility index (Phi) is 17.4. The molecule has 0 aliphatic carbocycles. The summed E-state index contributed by atoms with van der Waals surface area (Å²) in [7, 11) is 6.15. The van der Waals surface area contributed by atoms with Gasteiger partial charge in [0, 0.05) is 16.7 Å². The van der Waals surface area contributed by atoms with E-state index in [2.05, 4.69) is 27.7 Å². The lowest BCUT2D eigenvalue weighted by molar-refractivity contribution is -0.870. The molecule has 0 atom stereocenters. The molecular weight excluding hydrogens is 386 g/mol. The molecule has 0 radical (unpaired) electrons. The van der Waals surface area contributed by atoms with Gasteiger partial charge in [-0.1, -0.05) is 39.0 Å². The summed E-state index contributed by atoms with van der Waals surface area (Å²) < 4.78 is 5.72. The van der Waals surface area contributed by atoms with Gasteiger partial charge in [-0.15, -0.1) is 12.4 Å². The molecule has 0 unspecified atom stereocenters. The Morgan fingerprint density at radius 1 is 1.00 bits per heavy atom. The van der Waals surface area contributed by atoms with Crippen LogP contribution in [-0.4, -0.2) is 66.9 Å². The first-order chi connectivity index (χ1) is 12.4. The second-order valence-electron chi connectivity index (χ2n) is 7.03. The van der Waals surface area contributed by atoms with Crippen LogP contribution in [0.2, 0.25) is 0 Å². The molecule has 0 aromatic carbocycles. The number of carboxylic acids is 2. The van der Waals surface area contributed by atoms with Gasteiger partial charge in [0.05, 0.1) is 21.1 Å². The minimum atomic E-state index is -1.00. The van der Waals surface area contributed by atoms with Gasteiger partial charge >= 0.3 is 17.9 Å². The molecule has 0 aromatic heterocycles. The summed E-state index contributed by atoms with van der Waals surface area (Å²) in [6.45, 7) is 10.00. The van der Waals surface area contributed by atoms with Gasteiger partial charge in [-0.25, -0.2) is 14.4 Å². The van der Waals surface area contributed by atoms with Crippen molar-refractivity contribution in [1.29, 1.82) is 0 Å². The molecule has 0 fully saturated rings. The highest BCUT2D eigenvalue weighted by molar-refractivity contribution is 5.89. The third-order valence-electron chi connectivity index (χ3n) is 3.28. The molecule has 8 heteroatoms. The highest BCUT2D eigenvalue weighted by Crippen LogP contribution is 2.08. The Labute approximate surface area is 174 Å². The fourth-order valence-corrected chi connectivity index (χ4v) is 1.61. The van der Waals surface area contributed by atoms with Crippen molar-refractivity contribution in [2.75, 3.05) is 34.3 Å². The van der Waals surface area contributed by atoms with Crippen LogP contribution < -0.4 is 0 Å². The summed E-state index contributed by atoms with van der Waals surface area (Å²) in [5, 5.41) is 17.5. The number of rotatable bonds is 10. The maximum absolute atomic E-state index is 10.9. The van der Waals surface area contributed by atoms with Crippen LogP contribution in [0.5, 0.6) is 0 Å². The van der Waals surface area contributed by atoms with Gasteiger partial charge in [-0.2, -0.15) is 0 Å². The van der Waals surface area contributed by atoms with E-state index >= 15 is 0 Å². The molecule has 0 saturated heterocycles. The fourth-order valence-electron chi connectivity index (χ4n) is 1.61. The molecule has 7 nitrogen and oxygen atoms in total. The molecule has 0 saturated carbocycles. The minimum Gasteiger partial charge on any atom is -0.478 e. The average molecular weight is 421 g/mol. The van der Waals surface area contributed by atoms with E-state index in [-0.39, 0.29) is 29.5 Å². The van der Waals surface area contributed by atoms with Crippen LogP contribution in [0.1, 0.15) is 40.0 Å². The minimum absolute atomic E-state index is 0. The highest BCUT2D eigenvalue weighted by Gasteiger charge is 2.09. The fraction of sp³-hybridized carbons (Fsp3) is 0.550. The van der Waals surface area contributed by atoms with Crippen LogP contribution in [0, 0.1) is 0 Å². The van der Waals surface area contributed by atoms with Crippen molar-refractivity contribution in [3.63, 3.8) is 0 Å². The van der Waals surface area contributed by atoms with Crippen molar-refractivity contribution in [2.45, 2.75) is 40.0 Å². The number of hydrogen-bond acceptors (Lipinski definition) is 4. The molecule has 0 amide bonds. The number of allylic oxidation sites excluding steroid dienone is 2. The van der Waals surface area contributed by atoms with Crippen molar-refractivity contribution < 1.29 is 33.8 Å². The largest absolute Gasteiger partial charge is 0.478 e. The summed E-state index contributed by atoms with van der Waals surface area (Å²) in [4.78, 5) is 32.2.